The van der Waals surface area contributed by atoms with Crippen LogP contribution in [0.4, 0.5) is 5.95 Å². The van der Waals surface area contributed by atoms with Crippen molar-refractivity contribution >= 4 is 11.9 Å². The van der Waals surface area contributed by atoms with Gasteiger partial charge in [0.2, 0.25) is 5.95 Å². The summed E-state index contributed by atoms with van der Waals surface area (Å²) in [5.41, 5.74) is 2.48. The van der Waals surface area contributed by atoms with E-state index in [9.17, 15) is 4.79 Å². The molecule has 0 bridgehead atoms. The van der Waals surface area contributed by atoms with E-state index < -0.39 is 5.97 Å². The number of H-pyrrole nitrogens is 1. The minimum absolute atomic E-state index is 0.141. The second-order valence-electron chi connectivity index (χ2n) is 5.35. The predicted molar refractivity (Wildman–Crippen MR) is 81.0 cm³/mol. The molecular formula is C15H18N4O3. The summed E-state index contributed by atoms with van der Waals surface area (Å²) >= 11 is 0. The molecule has 1 unspecified atom stereocenters. The van der Waals surface area contributed by atoms with Crippen LogP contribution < -0.4 is 5.32 Å². The van der Waals surface area contributed by atoms with Crippen LogP contribution in [0.3, 0.4) is 0 Å². The number of aromatic amines is 1. The summed E-state index contributed by atoms with van der Waals surface area (Å²) in [7, 11) is 0. The molecule has 0 radical (unpaired) electrons. The van der Waals surface area contributed by atoms with Crippen molar-refractivity contribution in [3.05, 3.63) is 29.7 Å². The molecule has 0 saturated carbocycles. The van der Waals surface area contributed by atoms with Gasteiger partial charge in [0.1, 0.15) is 5.69 Å². The second-order valence-corrected chi connectivity index (χ2v) is 5.35. The van der Waals surface area contributed by atoms with E-state index in [1.165, 1.54) is 0 Å². The Kier molecular flexibility index (Phi) is 4.06. The third kappa shape index (κ3) is 3.09. The van der Waals surface area contributed by atoms with Crippen molar-refractivity contribution in [1.29, 1.82) is 0 Å². The molecule has 0 amide bonds. The fourth-order valence-corrected chi connectivity index (χ4v) is 2.48. The number of rotatable bonds is 5. The zero-order chi connectivity index (χ0) is 15.5. The number of aromatic carboxylic acids is 1. The van der Waals surface area contributed by atoms with Gasteiger partial charge < -0.3 is 20.1 Å². The summed E-state index contributed by atoms with van der Waals surface area (Å²) in [6, 6.07) is 1.57. The van der Waals surface area contributed by atoms with Gasteiger partial charge in [-0.05, 0) is 31.4 Å². The molecule has 2 aromatic rings. The van der Waals surface area contributed by atoms with Crippen LogP contribution in [0.1, 0.15) is 28.9 Å². The van der Waals surface area contributed by atoms with E-state index in [2.05, 4.69) is 20.3 Å². The molecule has 0 spiro atoms. The van der Waals surface area contributed by atoms with Gasteiger partial charge >= 0.3 is 5.97 Å². The highest BCUT2D eigenvalue weighted by Gasteiger charge is 2.16. The fourth-order valence-electron chi connectivity index (χ4n) is 2.48. The monoisotopic (exact) mass is 302 g/mol. The smallest absolute Gasteiger partial charge is 0.352 e. The lowest BCUT2D eigenvalue weighted by Gasteiger charge is -2.11. The molecule has 7 nitrogen and oxygen atoms in total. The summed E-state index contributed by atoms with van der Waals surface area (Å²) in [5.74, 6) is -0.469. The van der Waals surface area contributed by atoms with Crippen LogP contribution in [0, 0.1) is 6.92 Å². The molecule has 3 rings (SSSR count). The SMILES string of the molecule is Cc1cnc(NCC2CCCO2)nc1-c1c[nH]c(C(=O)O)c1. The van der Waals surface area contributed by atoms with Gasteiger partial charge in [0.05, 0.1) is 11.8 Å². The quantitative estimate of drug-likeness (QED) is 0.781. The Bertz CT molecular complexity index is 677. The van der Waals surface area contributed by atoms with Crippen LogP contribution in [0.2, 0.25) is 0 Å². The number of anilines is 1. The largest absolute Gasteiger partial charge is 0.477 e. The zero-order valence-corrected chi connectivity index (χ0v) is 12.3. The number of hydrogen-bond donors (Lipinski definition) is 3. The van der Waals surface area contributed by atoms with Gasteiger partial charge in [-0.25, -0.2) is 14.8 Å². The zero-order valence-electron chi connectivity index (χ0n) is 12.3. The Morgan fingerprint density at radius 3 is 3.14 bits per heavy atom. The van der Waals surface area contributed by atoms with E-state index in [0.717, 1.165) is 30.6 Å². The second kappa shape index (κ2) is 6.15. The van der Waals surface area contributed by atoms with E-state index in [0.29, 0.717) is 18.2 Å². The maximum atomic E-state index is 11.0. The molecular weight excluding hydrogens is 284 g/mol. The number of hydrogen-bond acceptors (Lipinski definition) is 5. The molecule has 0 aromatic carbocycles. The summed E-state index contributed by atoms with van der Waals surface area (Å²) < 4.78 is 5.55. The molecule has 116 valence electrons. The molecule has 1 saturated heterocycles. The molecule has 2 aromatic heterocycles. The summed E-state index contributed by atoms with van der Waals surface area (Å²) in [4.78, 5) is 22.4. The highest BCUT2D eigenvalue weighted by atomic mass is 16.5. The van der Waals surface area contributed by atoms with Crippen molar-refractivity contribution in [3.8, 4) is 11.3 Å². The molecule has 1 fully saturated rings. The highest BCUT2D eigenvalue weighted by Crippen LogP contribution is 2.23. The molecule has 0 aliphatic carbocycles. The van der Waals surface area contributed by atoms with E-state index >= 15 is 0 Å². The average molecular weight is 302 g/mol. The first kappa shape index (κ1) is 14.5. The van der Waals surface area contributed by atoms with Crippen molar-refractivity contribution < 1.29 is 14.6 Å². The number of ether oxygens (including phenoxy) is 1. The molecule has 1 aliphatic rings. The maximum Gasteiger partial charge on any atom is 0.352 e. The standard InChI is InChI=1S/C15H18N4O3/c1-9-6-17-15(18-8-11-3-2-4-22-11)19-13(9)10-5-12(14(20)21)16-7-10/h5-7,11,16H,2-4,8H2,1H3,(H,20,21)(H,17,18,19). The molecule has 1 atom stereocenters. The van der Waals surface area contributed by atoms with Gasteiger partial charge in [0.25, 0.3) is 0 Å². The molecule has 22 heavy (non-hydrogen) atoms. The number of nitrogens with one attached hydrogen (secondary N) is 2. The maximum absolute atomic E-state index is 11.0. The molecule has 3 heterocycles. The van der Waals surface area contributed by atoms with E-state index in [-0.39, 0.29) is 11.8 Å². The Labute approximate surface area is 127 Å². The minimum Gasteiger partial charge on any atom is -0.477 e. The van der Waals surface area contributed by atoms with Gasteiger partial charge in [-0.3, -0.25) is 0 Å². The van der Waals surface area contributed by atoms with Crippen molar-refractivity contribution in [2.45, 2.75) is 25.9 Å². The summed E-state index contributed by atoms with van der Waals surface area (Å²) in [6.45, 7) is 3.39. The number of aryl methyl sites for hydroxylation is 1. The van der Waals surface area contributed by atoms with Gasteiger partial charge in [-0.15, -0.1) is 0 Å². The Hall–Kier alpha value is -2.41. The lowest BCUT2D eigenvalue weighted by molar-refractivity contribution is 0.0691. The summed E-state index contributed by atoms with van der Waals surface area (Å²) in [6.07, 6.45) is 5.72. The molecule has 7 heteroatoms. The third-order valence-electron chi connectivity index (χ3n) is 3.67. The van der Waals surface area contributed by atoms with Gasteiger partial charge in [0, 0.05) is 31.1 Å². The Balaban J connectivity index is 1.77. The Morgan fingerprint density at radius 2 is 2.45 bits per heavy atom. The lowest BCUT2D eigenvalue weighted by Crippen LogP contribution is -2.19. The number of nitrogens with zero attached hydrogens (tertiary/aromatic N) is 2. The highest BCUT2D eigenvalue weighted by molar-refractivity contribution is 5.87. The van der Waals surface area contributed by atoms with Crippen molar-refractivity contribution in [2.75, 3.05) is 18.5 Å². The van der Waals surface area contributed by atoms with Crippen LogP contribution in [-0.4, -0.2) is 45.3 Å². The van der Waals surface area contributed by atoms with Crippen LogP contribution in [0.25, 0.3) is 11.3 Å². The van der Waals surface area contributed by atoms with Crippen molar-refractivity contribution in [1.82, 2.24) is 15.0 Å². The van der Waals surface area contributed by atoms with E-state index in [4.69, 9.17) is 9.84 Å². The number of aromatic nitrogens is 3. The van der Waals surface area contributed by atoms with Crippen molar-refractivity contribution in [2.24, 2.45) is 0 Å². The van der Waals surface area contributed by atoms with Gasteiger partial charge in [0.15, 0.2) is 0 Å². The Morgan fingerprint density at radius 1 is 1.59 bits per heavy atom. The number of carbonyl (C=O) groups is 1. The first-order chi connectivity index (χ1) is 10.6. The summed E-state index contributed by atoms with van der Waals surface area (Å²) in [5, 5.41) is 12.2. The van der Waals surface area contributed by atoms with Crippen molar-refractivity contribution in [3.63, 3.8) is 0 Å². The average Bonchev–Trinajstić information content (AvgIpc) is 3.18. The van der Waals surface area contributed by atoms with Crippen LogP contribution in [-0.2, 0) is 4.74 Å². The van der Waals surface area contributed by atoms with Gasteiger partial charge in [-0.1, -0.05) is 0 Å². The van der Waals surface area contributed by atoms with Crippen LogP contribution in [0.5, 0.6) is 0 Å². The number of carboxylic acids is 1. The molecule has 1 aliphatic heterocycles. The van der Waals surface area contributed by atoms with E-state index in [1.807, 2.05) is 6.92 Å². The van der Waals surface area contributed by atoms with Crippen LogP contribution >= 0.6 is 0 Å². The lowest BCUT2D eigenvalue weighted by atomic mass is 10.1. The first-order valence-electron chi connectivity index (χ1n) is 7.24. The van der Waals surface area contributed by atoms with Crippen LogP contribution in [0.15, 0.2) is 18.5 Å². The normalized spacial score (nSPS) is 17.6. The predicted octanol–water partition coefficient (Wildman–Crippen LogP) is 2.07. The topological polar surface area (TPSA) is 100 Å². The fraction of sp³-hybridized carbons (Fsp3) is 0.400. The van der Waals surface area contributed by atoms with Gasteiger partial charge in [-0.2, -0.15) is 0 Å². The molecule has 3 N–H and O–H groups in total. The van der Waals surface area contributed by atoms with E-state index in [1.54, 1.807) is 18.5 Å². The minimum atomic E-state index is -0.991. The third-order valence-corrected chi connectivity index (χ3v) is 3.67. The number of carboxylic acid groups (broad SMARTS) is 1. The first-order valence-corrected chi connectivity index (χ1v) is 7.24.